The van der Waals surface area contributed by atoms with Crippen LogP contribution < -0.4 is 4.74 Å². The highest BCUT2D eigenvalue weighted by Crippen LogP contribution is 2.35. The number of ether oxygens (including phenoxy) is 1. The van der Waals surface area contributed by atoms with Gasteiger partial charge < -0.3 is 9.84 Å². The van der Waals surface area contributed by atoms with E-state index in [9.17, 15) is 19.1 Å². The van der Waals surface area contributed by atoms with Crippen LogP contribution in [0.3, 0.4) is 0 Å². The second-order valence-electron chi connectivity index (χ2n) is 8.80. The van der Waals surface area contributed by atoms with E-state index in [-0.39, 0.29) is 17.0 Å². The molecular weight excluding hydrogens is 431 g/mol. The molecule has 0 saturated heterocycles. The Labute approximate surface area is 200 Å². The summed E-state index contributed by atoms with van der Waals surface area (Å²) in [5.41, 5.74) is 3.74. The standard InChI is InChI=1S/C29H31FO4/c1-5-20(6-2)15-19(4)26-16-22(28(31)32)11-14-25(26)21-9-12-24(13-10-21)34-29(33)23-8-7-18(3)27(30)17-23/h7-14,16-17,19-20H,5-6,15H2,1-4H3,(H,31,32)/t19-/m1/s1. The van der Waals surface area contributed by atoms with Gasteiger partial charge in [0.2, 0.25) is 0 Å². The zero-order valence-corrected chi connectivity index (χ0v) is 20.1. The average molecular weight is 463 g/mol. The molecule has 0 aliphatic heterocycles. The van der Waals surface area contributed by atoms with E-state index in [1.807, 2.05) is 18.2 Å². The second-order valence-corrected chi connectivity index (χ2v) is 8.80. The molecule has 0 amide bonds. The summed E-state index contributed by atoms with van der Waals surface area (Å²) >= 11 is 0. The fourth-order valence-electron chi connectivity index (χ4n) is 4.20. The van der Waals surface area contributed by atoms with Gasteiger partial charge in [-0.05, 0) is 83.8 Å². The molecule has 1 atom stereocenters. The number of carbonyl (C=O) groups excluding carboxylic acids is 1. The lowest BCUT2D eigenvalue weighted by atomic mass is 9.83. The smallest absolute Gasteiger partial charge is 0.343 e. The summed E-state index contributed by atoms with van der Waals surface area (Å²) in [5.74, 6) is -0.916. The van der Waals surface area contributed by atoms with Crippen LogP contribution in [0, 0.1) is 18.7 Å². The summed E-state index contributed by atoms with van der Waals surface area (Å²) in [4.78, 5) is 24.0. The van der Waals surface area contributed by atoms with E-state index in [1.165, 1.54) is 12.1 Å². The lowest BCUT2D eigenvalue weighted by Gasteiger charge is -2.22. The number of carboxylic acids is 1. The van der Waals surface area contributed by atoms with Crippen LogP contribution in [0.1, 0.15) is 77.8 Å². The normalized spacial score (nSPS) is 11.9. The number of halogens is 1. The predicted octanol–water partition coefficient (Wildman–Crippen LogP) is 7.65. The maximum atomic E-state index is 13.8. The number of rotatable bonds is 9. The molecule has 34 heavy (non-hydrogen) atoms. The number of carboxylic acid groups (broad SMARTS) is 1. The highest BCUT2D eigenvalue weighted by atomic mass is 19.1. The maximum Gasteiger partial charge on any atom is 0.343 e. The number of carbonyl (C=O) groups is 2. The molecule has 3 rings (SSSR count). The van der Waals surface area contributed by atoms with Crippen molar-refractivity contribution in [2.75, 3.05) is 0 Å². The molecule has 0 aliphatic rings. The third kappa shape index (κ3) is 5.90. The molecule has 0 spiro atoms. The van der Waals surface area contributed by atoms with Crippen molar-refractivity contribution >= 4 is 11.9 Å². The minimum absolute atomic E-state index is 0.147. The molecule has 178 valence electrons. The first kappa shape index (κ1) is 25.2. The summed E-state index contributed by atoms with van der Waals surface area (Å²) in [6.07, 6.45) is 3.14. The number of hydrogen-bond acceptors (Lipinski definition) is 3. The molecule has 0 aliphatic carbocycles. The molecule has 0 aromatic heterocycles. The minimum atomic E-state index is -0.947. The van der Waals surface area contributed by atoms with Crippen molar-refractivity contribution < 1.29 is 23.8 Å². The number of esters is 1. The van der Waals surface area contributed by atoms with Crippen molar-refractivity contribution in [3.63, 3.8) is 0 Å². The van der Waals surface area contributed by atoms with Gasteiger partial charge in [-0.3, -0.25) is 0 Å². The first-order chi connectivity index (χ1) is 16.2. The molecule has 4 nitrogen and oxygen atoms in total. The van der Waals surface area contributed by atoms with Gasteiger partial charge in [0.25, 0.3) is 0 Å². The average Bonchev–Trinajstić information content (AvgIpc) is 2.84. The second kappa shape index (κ2) is 11.1. The van der Waals surface area contributed by atoms with E-state index in [0.717, 1.165) is 36.0 Å². The predicted molar refractivity (Wildman–Crippen MR) is 132 cm³/mol. The van der Waals surface area contributed by atoms with Crippen molar-refractivity contribution in [3.8, 4) is 16.9 Å². The van der Waals surface area contributed by atoms with Gasteiger partial charge >= 0.3 is 11.9 Å². The van der Waals surface area contributed by atoms with E-state index in [2.05, 4.69) is 20.8 Å². The topological polar surface area (TPSA) is 63.6 Å². The summed E-state index contributed by atoms with van der Waals surface area (Å²) in [6.45, 7) is 8.13. The third-order valence-corrected chi connectivity index (χ3v) is 6.45. The minimum Gasteiger partial charge on any atom is -0.478 e. The van der Waals surface area contributed by atoms with E-state index in [1.54, 1.807) is 37.3 Å². The van der Waals surface area contributed by atoms with E-state index >= 15 is 0 Å². The Morgan fingerprint density at radius 3 is 2.18 bits per heavy atom. The SMILES string of the molecule is CCC(CC)C[C@@H](C)c1cc(C(=O)O)ccc1-c1ccc(OC(=O)c2ccc(C)c(F)c2)cc1. The Hall–Kier alpha value is -3.47. The molecule has 0 unspecified atom stereocenters. The van der Waals surface area contributed by atoms with Gasteiger partial charge in [0.15, 0.2) is 0 Å². The van der Waals surface area contributed by atoms with Gasteiger partial charge in [-0.2, -0.15) is 0 Å². The zero-order valence-electron chi connectivity index (χ0n) is 20.1. The lowest BCUT2D eigenvalue weighted by molar-refractivity contribution is 0.0694. The summed E-state index contributed by atoms with van der Waals surface area (Å²) in [5, 5.41) is 9.50. The quantitative estimate of drug-likeness (QED) is 0.262. The highest BCUT2D eigenvalue weighted by molar-refractivity contribution is 5.91. The largest absolute Gasteiger partial charge is 0.478 e. The van der Waals surface area contributed by atoms with E-state index in [0.29, 0.717) is 17.2 Å². The molecule has 5 heteroatoms. The van der Waals surface area contributed by atoms with Gasteiger partial charge in [0.05, 0.1) is 11.1 Å². The van der Waals surface area contributed by atoms with Crippen molar-refractivity contribution in [3.05, 3.63) is 88.7 Å². The summed E-state index contributed by atoms with van der Waals surface area (Å²) in [6, 6.07) is 16.6. The number of aryl methyl sites for hydroxylation is 1. The fraction of sp³-hybridized carbons (Fsp3) is 0.310. The van der Waals surface area contributed by atoms with Crippen LogP contribution in [-0.4, -0.2) is 17.0 Å². The van der Waals surface area contributed by atoms with E-state index in [4.69, 9.17) is 4.74 Å². The van der Waals surface area contributed by atoms with Gasteiger partial charge in [0, 0.05) is 0 Å². The molecule has 3 aromatic carbocycles. The molecule has 0 radical (unpaired) electrons. The first-order valence-corrected chi connectivity index (χ1v) is 11.7. The molecule has 0 heterocycles. The third-order valence-electron chi connectivity index (χ3n) is 6.45. The van der Waals surface area contributed by atoms with Crippen LogP contribution in [-0.2, 0) is 0 Å². The zero-order chi connectivity index (χ0) is 24.8. The number of benzene rings is 3. The van der Waals surface area contributed by atoms with Crippen LogP contribution in [0.4, 0.5) is 4.39 Å². The van der Waals surface area contributed by atoms with Crippen molar-refractivity contribution in [2.45, 2.75) is 52.9 Å². The van der Waals surface area contributed by atoms with Crippen molar-refractivity contribution in [1.82, 2.24) is 0 Å². The molecular formula is C29H31FO4. The Morgan fingerprint density at radius 2 is 1.59 bits per heavy atom. The van der Waals surface area contributed by atoms with Crippen molar-refractivity contribution in [1.29, 1.82) is 0 Å². The van der Waals surface area contributed by atoms with Crippen molar-refractivity contribution in [2.24, 2.45) is 5.92 Å². The summed E-state index contributed by atoms with van der Waals surface area (Å²) in [7, 11) is 0. The van der Waals surface area contributed by atoms with Crippen LogP contribution >= 0.6 is 0 Å². The van der Waals surface area contributed by atoms with Crippen LogP contribution in [0.25, 0.3) is 11.1 Å². The molecule has 3 aromatic rings. The lowest BCUT2D eigenvalue weighted by Crippen LogP contribution is -2.09. The number of hydrogen-bond donors (Lipinski definition) is 1. The maximum absolute atomic E-state index is 13.8. The molecule has 0 saturated carbocycles. The fourth-order valence-corrected chi connectivity index (χ4v) is 4.20. The van der Waals surface area contributed by atoms with Gasteiger partial charge in [-0.1, -0.05) is 57.9 Å². The molecule has 1 N–H and O–H groups in total. The van der Waals surface area contributed by atoms with Crippen LogP contribution in [0.2, 0.25) is 0 Å². The van der Waals surface area contributed by atoms with Crippen LogP contribution in [0.5, 0.6) is 5.75 Å². The van der Waals surface area contributed by atoms with Gasteiger partial charge in [-0.15, -0.1) is 0 Å². The monoisotopic (exact) mass is 462 g/mol. The Balaban J connectivity index is 1.86. The molecule has 0 fully saturated rings. The van der Waals surface area contributed by atoms with Crippen LogP contribution in [0.15, 0.2) is 60.7 Å². The Kier molecular flexibility index (Phi) is 8.21. The summed E-state index contributed by atoms with van der Waals surface area (Å²) < 4.78 is 19.2. The Morgan fingerprint density at radius 1 is 0.941 bits per heavy atom. The van der Waals surface area contributed by atoms with E-state index < -0.39 is 17.8 Å². The Bertz CT molecular complexity index is 1160. The first-order valence-electron chi connectivity index (χ1n) is 11.7. The molecule has 0 bridgehead atoms. The van der Waals surface area contributed by atoms with Gasteiger partial charge in [0.1, 0.15) is 11.6 Å². The number of aromatic carboxylic acids is 1. The highest BCUT2D eigenvalue weighted by Gasteiger charge is 2.18. The van der Waals surface area contributed by atoms with Gasteiger partial charge in [-0.25, -0.2) is 14.0 Å².